The van der Waals surface area contributed by atoms with Crippen molar-refractivity contribution >= 4 is 6.29 Å². The van der Waals surface area contributed by atoms with E-state index in [1.165, 1.54) is 5.57 Å². The van der Waals surface area contributed by atoms with Crippen molar-refractivity contribution in [3.8, 4) is 0 Å². The number of carbonyl (C=O) groups excluding carboxylic acids is 1. The second-order valence-electron chi connectivity index (χ2n) is 7.99. The SMILES string of the molecule is C=C1CC[C@H]2C(C)(C)[C@@H](O)CC[C@]2(C)[C@H]1CC=C(C)C=O. The summed E-state index contributed by atoms with van der Waals surface area (Å²) in [4.78, 5) is 10.8. The highest BCUT2D eigenvalue weighted by atomic mass is 16.3. The van der Waals surface area contributed by atoms with Gasteiger partial charge in [-0.05, 0) is 67.3 Å². The molecule has 0 aromatic heterocycles. The zero-order valence-corrected chi connectivity index (χ0v) is 14.0. The van der Waals surface area contributed by atoms with Gasteiger partial charge in [0.15, 0.2) is 0 Å². The van der Waals surface area contributed by atoms with E-state index in [9.17, 15) is 9.90 Å². The second kappa shape index (κ2) is 5.72. The predicted octanol–water partition coefficient (Wildman–Crippen LogP) is 4.29. The molecule has 4 atom stereocenters. The van der Waals surface area contributed by atoms with Gasteiger partial charge in [0.25, 0.3) is 0 Å². The summed E-state index contributed by atoms with van der Waals surface area (Å²) in [5, 5.41) is 10.4. The molecule has 0 aromatic rings. The van der Waals surface area contributed by atoms with Gasteiger partial charge in [0.1, 0.15) is 6.29 Å². The third kappa shape index (κ3) is 2.75. The summed E-state index contributed by atoms with van der Waals surface area (Å²) in [5.41, 5.74) is 2.30. The molecule has 0 bridgehead atoms. The van der Waals surface area contributed by atoms with Crippen LogP contribution in [-0.4, -0.2) is 17.5 Å². The van der Waals surface area contributed by atoms with E-state index in [4.69, 9.17) is 0 Å². The minimum Gasteiger partial charge on any atom is -0.393 e. The number of hydrogen-bond acceptors (Lipinski definition) is 2. The Morgan fingerprint density at radius 3 is 2.67 bits per heavy atom. The predicted molar refractivity (Wildman–Crippen MR) is 86.9 cm³/mol. The van der Waals surface area contributed by atoms with E-state index >= 15 is 0 Å². The number of fused-ring (bicyclic) bond motifs is 1. The van der Waals surface area contributed by atoms with Gasteiger partial charge in [-0.1, -0.05) is 39.0 Å². The topological polar surface area (TPSA) is 37.3 Å². The van der Waals surface area contributed by atoms with Crippen LogP contribution < -0.4 is 0 Å². The van der Waals surface area contributed by atoms with E-state index in [-0.39, 0.29) is 16.9 Å². The van der Waals surface area contributed by atoms with E-state index in [1.807, 2.05) is 6.92 Å². The van der Waals surface area contributed by atoms with Crippen molar-refractivity contribution in [3.63, 3.8) is 0 Å². The lowest BCUT2D eigenvalue weighted by atomic mass is 9.46. The minimum absolute atomic E-state index is 0.0324. The van der Waals surface area contributed by atoms with Crippen LogP contribution in [0, 0.1) is 22.7 Å². The Kier molecular flexibility index (Phi) is 4.49. The molecule has 0 spiro atoms. The van der Waals surface area contributed by atoms with Crippen LogP contribution in [-0.2, 0) is 4.79 Å². The monoisotopic (exact) mass is 290 g/mol. The summed E-state index contributed by atoms with van der Waals surface area (Å²) in [6.45, 7) is 13.0. The Bertz CT molecular complexity index is 460. The molecule has 118 valence electrons. The number of aliphatic hydroxyl groups is 1. The summed E-state index contributed by atoms with van der Waals surface area (Å²) in [6, 6.07) is 0. The van der Waals surface area contributed by atoms with Crippen molar-refractivity contribution in [2.45, 2.75) is 65.9 Å². The fraction of sp³-hybridized carbons (Fsp3) is 0.737. The zero-order valence-electron chi connectivity index (χ0n) is 14.0. The molecule has 0 saturated heterocycles. The summed E-state index contributed by atoms with van der Waals surface area (Å²) in [7, 11) is 0. The van der Waals surface area contributed by atoms with Gasteiger partial charge in [-0.25, -0.2) is 0 Å². The Hall–Kier alpha value is -0.890. The first kappa shape index (κ1) is 16.5. The van der Waals surface area contributed by atoms with Crippen LogP contribution in [0.2, 0.25) is 0 Å². The molecule has 2 fully saturated rings. The average molecular weight is 290 g/mol. The smallest absolute Gasteiger partial charge is 0.145 e. The first-order valence-corrected chi connectivity index (χ1v) is 8.21. The molecule has 2 nitrogen and oxygen atoms in total. The number of rotatable bonds is 3. The molecule has 1 N–H and O–H groups in total. The second-order valence-corrected chi connectivity index (χ2v) is 7.99. The van der Waals surface area contributed by atoms with Crippen molar-refractivity contribution in [2.24, 2.45) is 22.7 Å². The highest BCUT2D eigenvalue weighted by Crippen LogP contribution is 2.61. The van der Waals surface area contributed by atoms with Crippen LogP contribution in [0.1, 0.15) is 59.8 Å². The quantitative estimate of drug-likeness (QED) is 0.478. The van der Waals surface area contributed by atoms with Gasteiger partial charge >= 0.3 is 0 Å². The van der Waals surface area contributed by atoms with E-state index in [2.05, 4.69) is 33.4 Å². The van der Waals surface area contributed by atoms with Gasteiger partial charge in [0.2, 0.25) is 0 Å². The number of aldehydes is 1. The largest absolute Gasteiger partial charge is 0.393 e. The zero-order chi connectivity index (χ0) is 15.8. The summed E-state index contributed by atoms with van der Waals surface area (Å²) in [6.07, 6.45) is 7.81. The molecule has 2 rings (SSSR count). The number of aliphatic hydroxyl groups excluding tert-OH is 1. The first-order valence-electron chi connectivity index (χ1n) is 8.21. The minimum atomic E-state index is -0.199. The van der Waals surface area contributed by atoms with Gasteiger partial charge in [-0.3, -0.25) is 4.79 Å². The molecule has 0 radical (unpaired) electrons. The summed E-state index contributed by atoms with van der Waals surface area (Å²) in [5.74, 6) is 0.951. The van der Waals surface area contributed by atoms with Crippen molar-refractivity contribution in [2.75, 3.05) is 0 Å². The molecule has 21 heavy (non-hydrogen) atoms. The molecule has 2 saturated carbocycles. The summed E-state index contributed by atoms with van der Waals surface area (Å²) < 4.78 is 0. The molecular formula is C19H30O2. The normalized spacial score (nSPS) is 39.8. The fourth-order valence-electron chi connectivity index (χ4n) is 4.95. The van der Waals surface area contributed by atoms with Gasteiger partial charge < -0.3 is 5.11 Å². The van der Waals surface area contributed by atoms with Crippen LogP contribution >= 0.6 is 0 Å². The van der Waals surface area contributed by atoms with Gasteiger partial charge in [-0.15, -0.1) is 0 Å². The molecule has 0 aromatic carbocycles. The number of carbonyl (C=O) groups is 1. The third-order valence-corrected chi connectivity index (χ3v) is 6.41. The van der Waals surface area contributed by atoms with E-state index in [0.717, 1.165) is 44.0 Å². The van der Waals surface area contributed by atoms with E-state index in [1.54, 1.807) is 0 Å². The Labute approximate surface area is 129 Å². The van der Waals surface area contributed by atoms with Crippen LogP contribution in [0.3, 0.4) is 0 Å². The Morgan fingerprint density at radius 1 is 1.38 bits per heavy atom. The first-order chi connectivity index (χ1) is 9.73. The van der Waals surface area contributed by atoms with E-state index < -0.39 is 0 Å². The molecule has 0 heterocycles. The maximum absolute atomic E-state index is 10.8. The molecule has 2 aliphatic rings. The van der Waals surface area contributed by atoms with Crippen molar-refractivity contribution in [1.29, 1.82) is 0 Å². The van der Waals surface area contributed by atoms with Crippen molar-refractivity contribution in [3.05, 3.63) is 23.8 Å². The van der Waals surface area contributed by atoms with Gasteiger partial charge in [-0.2, -0.15) is 0 Å². The highest BCUT2D eigenvalue weighted by molar-refractivity contribution is 5.71. The van der Waals surface area contributed by atoms with Crippen molar-refractivity contribution in [1.82, 2.24) is 0 Å². The highest BCUT2D eigenvalue weighted by Gasteiger charge is 2.55. The van der Waals surface area contributed by atoms with Gasteiger partial charge in [0.05, 0.1) is 6.10 Å². The van der Waals surface area contributed by atoms with Crippen LogP contribution in [0.4, 0.5) is 0 Å². The van der Waals surface area contributed by atoms with Crippen LogP contribution in [0.25, 0.3) is 0 Å². The lowest BCUT2D eigenvalue weighted by molar-refractivity contribution is -0.123. The molecular weight excluding hydrogens is 260 g/mol. The van der Waals surface area contributed by atoms with Crippen LogP contribution in [0.5, 0.6) is 0 Å². The maximum atomic E-state index is 10.8. The van der Waals surface area contributed by atoms with Gasteiger partial charge in [0, 0.05) is 0 Å². The molecule has 2 heteroatoms. The molecule has 0 aliphatic heterocycles. The summed E-state index contributed by atoms with van der Waals surface area (Å²) >= 11 is 0. The fourth-order valence-corrected chi connectivity index (χ4v) is 4.95. The average Bonchev–Trinajstić information content (AvgIpc) is 2.42. The third-order valence-electron chi connectivity index (χ3n) is 6.41. The maximum Gasteiger partial charge on any atom is 0.145 e. The molecule has 2 aliphatic carbocycles. The van der Waals surface area contributed by atoms with E-state index in [0.29, 0.717) is 11.8 Å². The lowest BCUT2D eigenvalue weighted by Gasteiger charge is -2.59. The lowest BCUT2D eigenvalue weighted by Crippen LogP contribution is -2.54. The number of hydrogen-bond donors (Lipinski definition) is 1. The molecule has 0 unspecified atom stereocenters. The standard InChI is InChI=1S/C19H30O2/c1-13(12-20)6-8-15-14(2)7-9-16-18(3,4)17(21)10-11-19(15,16)5/h6,12,15-17,21H,2,7-11H2,1,3-5H3/t15-,16-,17-,19+/m0/s1. The molecule has 0 amide bonds. The Morgan fingerprint density at radius 2 is 2.05 bits per heavy atom. The Balaban J connectivity index is 2.32. The number of allylic oxidation sites excluding steroid dienone is 3. The van der Waals surface area contributed by atoms with Crippen molar-refractivity contribution < 1.29 is 9.90 Å². The van der Waals surface area contributed by atoms with Crippen LogP contribution in [0.15, 0.2) is 23.8 Å².